The highest BCUT2D eigenvalue weighted by Crippen LogP contribution is 2.25. The van der Waals surface area contributed by atoms with Crippen LogP contribution in [0.2, 0.25) is 0 Å². The van der Waals surface area contributed by atoms with E-state index in [-0.39, 0.29) is 23.7 Å². The third-order valence-electron chi connectivity index (χ3n) is 2.78. The van der Waals surface area contributed by atoms with Crippen molar-refractivity contribution in [3.8, 4) is 0 Å². The summed E-state index contributed by atoms with van der Waals surface area (Å²) in [5, 5.41) is 3.00. The van der Waals surface area contributed by atoms with Crippen LogP contribution in [0.25, 0.3) is 0 Å². The molecule has 0 fully saturated rings. The minimum absolute atomic E-state index is 0.202. The maximum atomic E-state index is 13.9. The van der Waals surface area contributed by atoms with Crippen molar-refractivity contribution >= 4 is 5.82 Å². The molecule has 1 aromatic rings. The van der Waals surface area contributed by atoms with E-state index in [1.165, 1.54) is 0 Å². The number of nitrogens with one attached hydrogen (secondary N) is 1. The number of anilines is 1. The van der Waals surface area contributed by atoms with E-state index in [0.29, 0.717) is 24.7 Å². The molecular formula is C14H24FN3O. The lowest BCUT2D eigenvalue weighted by Crippen LogP contribution is -2.18. The van der Waals surface area contributed by atoms with Crippen molar-refractivity contribution in [2.75, 3.05) is 18.5 Å². The standard InChI is InChI=1S/C14H24FN3O/c1-6-8-16-13-11(15)10(5)17-14(18-13)12(9(3)4)19-7-2/h9,12H,6-8H2,1-5H3,(H,16,17,18). The van der Waals surface area contributed by atoms with E-state index in [2.05, 4.69) is 15.3 Å². The Morgan fingerprint density at radius 2 is 1.95 bits per heavy atom. The molecule has 0 aliphatic carbocycles. The zero-order valence-corrected chi connectivity index (χ0v) is 12.5. The summed E-state index contributed by atoms with van der Waals surface area (Å²) in [4.78, 5) is 8.52. The highest BCUT2D eigenvalue weighted by molar-refractivity contribution is 5.38. The molecule has 5 heteroatoms. The van der Waals surface area contributed by atoms with Crippen LogP contribution in [0.3, 0.4) is 0 Å². The van der Waals surface area contributed by atoms with Gasteiger partial charge in [-0.3, -0.25) is 0 Å². The summed E-state index contributed by atoms with van der Waals surface area (Å²) in [6.45, 7) is 11.0. The number of rotatable bonds is 7. The fourth-order valence-corrected chi connectivity index (χ4v) is 1.81. The number of hydrogen-bond acceptors (Lipinski definition) is 4. The summed E-state index contributed by atoms with van der Waals surface area (Å²) in [6, 6.07) is 0. The van der Waals surface area contributed by atoms with Gasteiger partial charge in [0.2, 0.25) is 0 Å². The van der Waals surface area contributed by atoms with Gasteiger partial charge in [0.25, 0.3) is 0 Å². The lowest BCUT2D eigenvalue weighted by atomic mass is 10.1. The molecule has 0 amide bonds. The minimum atomic E-state index is -0.379. The Kier molecular flexibility index (Phi) is 6.15. The van der Waals surface area contributed by atoms with Gasteiger partial charge >= 0.3 is 0 Å². The number of nitrogens with zero attached hydrogens (tertiary/aromatic N) is 2. The summed E-state index contributed by atoms with van der Waals surface area (Å²) in [6.07, 6.45) is 0.711. The Labute approximate surface area is 114 Å². The van der Waals surface area contributed by atoms with Crippen molar-refractivity contribution in [2.45, 2.75) is 47.1 Å². The van der Waals surface area contributed by atoms with Gasteiger partial charge in [-0.15, -0.1) is 0 Å². The number of hydrogen-bond donors (Lipinski definition) is 1. The molecule has 19 heavy (non-hydrogen) atoms. The predicted molar refractivity (Wildman–Crippen MR) is 74.7 cm³/mol. The van der Waals surface area contributed by atoms with E-state index < -0.39 is 0 Å². The topological polar surface area (TPSA) is 47.0 Å². The molecule has 1 atom stereocenters. The highest BCUT2D eigenvalue weighted by atomic mass is 19.1. The smallest absolute Gasteiger partial charge is 0.186 e. The maximum absolute atomic E-state index is 13.9. The molecule has 4 nitrogen and oxygen atoms in total. The zero-order chi connectivity index (χ0) is 14.4. The molecular weight excluding hydrogens is 245 g/mol. The first-order valence-electron chi connectivity index (χ1n) is 6.90. The van der Waals surface area contributed by atoms with E-state index in [0.717, 1.165) is 6.42 Å². The van der Waals surface area contributed by atoms with E-state index in [9.17, 15) is 4.39 Å². The van der Waals surface area contributed by atoms with Gasteiger partial charge in [-0.2, -0.15) is 0 Å². The lowest BCUT2D eigenvalue weighted by molar-refractivity contribution is 0.0230. The quantitative estimate of drug-likeness (QED) is 0.823. The Morgan fingerprint density at radius 3 is 2.47 bits per heavy atom. The minimum Gasteiger partial charge on any atom is -0.370 e. The van der Waals surface area contributed by atoms with Gasteiger partial charge < -0.3 is 10.1 Å². The van der Waals surface area contributed by atoms with E-state index in [1.54, 1.807) is 6.92 Å². The maximum Gasteiger partial charge on any atom is 0.186 e. The Balaban J connectivity index is 3.09. The van der Waals surface area contributed by atoms with Crippen LogP contribution in [0.1, 0.15) is 51.7 Å². The average molecular weight is 269 g/mol. The average Bonchev–Trinajstić information content (AvgIpc) is 2.37. The van der Waals surface area contributed by atoms with Crippen molar-refractivity contribution in [1.82, 2.24) is 9.97 Å². The molecule has 0 saturated carbocycles. The Morgan fingerprint density at radius 1 is 1.26 bits per heavy atom. The van der Waals surface area contributed by atoms with Crippen LogP contribution in [0.5, 0.6) is 0 Å². The van der Waals surface area contributed by atoms with Gasteiger partial charge in [0, 0.05) is 13.2 Å². The molecule has 0 aliphatic rings. The fraction of sp³-hybridized carbons (Fsp3) is 0.714. The van der Waals surface area contributed by atoms with Crippen LogP contribution < -0.4 is 5.32 Å². The van der Waals surface area contributed by atoms with Crippen molar-refractivity contribution in [3.05, 3.63) is 17.3 Å². The molecule has 0 spiro atoms. The van der Waals surface area contributed by atoms with Crippen LogP contribution in [0.4, 0.5) is 10.2 Å². The van der Waals surface area contributed by atoms with Crippen LogP contribution in [-0.2, 0) is 4.74 Å². The molecule has 0 saturated heterocycles. The lowest BCUT2D eigenvalue weighted by Gasteiger charge is -2.20. The third kappa shape index (κ3) is 4.13. The van der Waals surface area contributed by atoms with Gasteiger partial charge in [-0.1, -0.05) is 20.8 Å². The molecule has 108 valence electrons. The summed E-state index contributed by atoms with van der Waals surface area (Å²) >= 11 is 0. The molecule has 0 aromatic carbocycles. The second-order valence-electron chi connectivity index (χ2n) is 4.88. The van der Waals surface area contributed by atoms with Crippen molar-refractivity contribution in [2.24, 2.45) is 5.92 Å². The third-order valence-corrected chi connectivity index (χ3v) is 2.78. The molecule has 0 aliphatic heterocycles. The molecule has 1 rings (SSSR count). The fourth-order valence-electron chi connectivity index (χ4n) is 1.81. The second-order valence-corrected chi connectivity index (χ2v) is 4.88. The molecule has 1 heterocycles. The molecule has 1 aromatic heterocycles. The Hall–Kier alpha value is -1.23. The summed E-state index contributed by atoms with van der Waals surface area (Å²) < 4.78 is 19.6. The van der Waals surface area contributed by atoms with E-state index in [1.807, 2.05) is 27.7 Å². The largest absolute Gasteiger partial charge is 0.370 e. The van der Waals surface area contributed by atoms with Crippen molar-refractivity contribution < 1.29 is 9.13 Å². The van der Waals surface area contributed by atoms with Crippen LogP contribution in [0.15, 0.2) is 0 Å². The van der Waals surface area contributed by atoms with Gasteiger partial charge in [-0.05, 0) is 26.2 Å². The predicted octanol–water partition coefficient (Wildman–Crippen LogP) is 3.48. The SMILES string of the molecule is CCCNc1nc(C(OCC)C(C)C)nc(C)c1F. The number of aromatic nitrogens is 2. The van der Waals surface area contributed by atoms with Gasteiger partial charge in [0.05, 0.1) is 5.69 Å². The first-order valence-corrected chi connectivity index (χ1v) is 6.90. The molecule has 0 radical (unpaired) electrons. The van der Waals surface area contributed by atoms with Gasteiger partial charge in [-0.25, -0.2) is 14.4 Å². The molecule has 1 unspecified atom stereocenters. The number of aryl methyl sites for hydroxylation is 1. The first kappa shape index (κ1) is 15.8. The number of halogens is 1. The van der Waals surface area contributed by atoms with Crippen molar-refractivity contribution in [1.29, 1.82) is 0 Å². The van der Waals surface area contributed by atoms with Crippen molar-refractivity contribution in [3.63, 3.8) is 0 Å². The summed E-state index contributed by atoms with van der Waals surface area (Å²) in [5.74, 6) is 0.684. The number of ether oxygens (including phenoxy) is 1. The van der Waals surface area contributed by atoms with Crippen LogP contribution >= 0.6 is 0 Å². The van der Waals surface area contributed by atoms with Gasteiger partial charge in [0.15, 0.2) is 17.5 Å². The van der Waals surface area contributed by atoms with E-state index in [4.69, 9.17) is 4.74 Å². The normalized spacial score (nSPS) is 12.8. The highest BCUT2D eigenvalue weighted by Gasteiger charge is 2.22. The van der Waals surface area contributed by atoms with Crippen LogP contribution in [0, 0.1) is 18.7 Å². The van der Waals surface area contributed by atoms with Gasteiger partial charge in [0.1, 0.15) is 6.10 Å². The zero-order valence-electron chi connectivity index (χ0n) is 12.5. The molecule has 1 N–H and O–H groups in total. The molecule has 0 bridgehead atoms. The Bertz CT molecular complexity index is 410. The van der Waals surface area contributed by atoms with Crippen LogP contribution in [-0.4, -0.2) is 23.1 Å². The second kappa shape index (κ2) is 7.38. The monoisotopic (exact) mass is 269 g/mol. The first-order chi connectivity index (χ1) is 9.01. The summed E-state index contributed by atoms with van der Waals surface area (Å²) in [5.41, 5.74) is 0.356. The van der Waals surface area contributed by atoms with E-state index >= 15 is 0 Å². The summed E-state index contributed by atoms with van der Waals surface area (Å²) in [7, 11) is 0.